The van der Waals surface area contributed by atoms with Crippen LogP contribution in [0.1, 0.15) is 35.9 Å². The van der Waals surface area contributed by atoms with Crippen molar-refractivity contribution in [3.05, 3.63) is 46.4 Å². The number of carbonyl (C=O) groups is 1. The maximum atomic E-state index is 12.6. The van der Waals surface area contributed by atoms with Crippen LogP contribution < -0.4 is 4.74 Å². The number of hydrogen-bond acceptors (Lipinski definition) is 4. The fourth-order valence-corrected chi connectivity index (χ4v) is 3.61. The highest BCUT2D eigenvalue weighted by molar-refractivity contribution is 7.09. The fraction of sp³-hybridized carbons (Fsp3) is 0.412. The van der Waals surface area contributed by atoms with Gasteiger partial charge < -0.3 is 9.64 Å². The smallest absolute Gasteiger partial charge is 0.261 e. The second-order valence-electron chi connectivity index (χ2n) is 5.52. The Bertz CT molecular complexity index is 627. The number of ether oxygens (including phenoxy) is 1. The summed E-state index contributed by atoms with van der Waals surface area (Å²) in [6.07, 6.45) is 5.00. The highest BCUT2D eigenvalue weighted by Crippen LogP contribution is 2.32. The van der Waals surface area contributed by atoms with E-state index >= 15 is 0 Å². The SMILES string of the molecule is Cc1ccccc1OCC(=O)N1CCCCC1c1nccs1. The van der Waals surface area contributed by atoms with Crippen molar-refractivity contribution in [2.24, 2.45) is 0 Å². The van der Waals surface area contributed by atoms with Crippen LogP contribution in [-0.4, -0.2) is 28.9 Å². The summed E-state index contributed by atoms with van der Waals surface area (Å²) in [6.45, 7) is 2.87. The van der Waals surface area contributed by atoms with E-state index in [9.17, 15) is 4.79 Å². The molecule has 1 aromatic heterocycles. The molecule has 4 nitrogen and oxygen atoms in total. The summed E-state index contributed by atoms with van der Waals surface area (Å²) in [5, 5.41) is 3.00. The van der Waals surface area contributed by atoms with E-state index in [0.29, 0.717) is 0 Å². The Morgan fingerprint density at radius 2 is 2.27 bits per heavy atom. The average molecular weight is 316 g/mol. The Morgan fingerprint density at radius 1 is 1.41 bits per heavy atom. The van der Waals surface area contributed by atoms with E-state index in [2.05, 4.69) is 4.98 Å². The van der Waals surface area contributed by atoms with Crippen LogP contribution in [-0.2, 0) is 4.79 Å². The van der Waals surface area contributed by atoms with Gasteiger partial charge in [0.15, 0.2) is 6.61 Å². The van der Waals surface area contributed by atoms with Gasteiger partial charge in [0.05, 0.1) is 6.04 Å². The van der Waals surface area contributed by atoms with E-state index in [0.717, 1.165) is 42.1 Å². The molecule has 1 saturated heterocycles. The molecule has 0 radical (unpaired) electrons. The number of carbonyl (C=O) groups excluding carboxylic acids is 1. The van der Waals surface area contributed by atoms with E-state index in [1.165, 1.54) is 0 Å². The van der Waals surface area contributed by atoms with Crippen LogP contribution in [0.5, 0.6) is 5.75 Å². The van der Waals surface area contributed by atoms with Crippen molar-refractivity contribution in [2.75, 3.05) is 13.2 Å². The van der Waals surface area contributed by atoms with Gasteiger partial charge in [-0.2, -0.15) is 0 Å². The summed E-state index contributed by atoms with van der Waals surface area (Å²) in [7, 11) is 0. The van der Waals surface area contributed by atoms with Crippen molar-refractivity contribution >= 4 is 17.2 Å². The van der Waals surface area contributed by atoms with Crippen molar-refractivity contribution < 1.29 is 9.53 Å². The number of aryl methyl sites for hydroxylation is 1. The van der Waals surface area contributed by atoms with Gasteiger partial charge in [-0.3, -0.25) is 4.79 Å². The molecule has 1 aliphatic heterocycles. The van der Waals surface area contributed by atoms with Gasteiger partial charge in [0.2, 0.25) is 0 Å². The number of thiazole rings is 1. The highest BCUT2D eigenvalue weighted by atomic mass is 32.1. The maximum Gasteiger partial charge on any atom is 0.261 e. The molecule has 0 bridgehead atoms. The molecule has 0 saturated carbocycles. The molecule has 0 N–H and O–H groups in total. The third-order valence-electron chi connectivity index (χ3n) is 4.00. The lowest BCUT2D eigenvalue weighted by atomic mass is 10.0. The first-order valence-corrected chi connectivity index (χ1v) is 8.51. The number of nitrogens with zero attached hydrogens (tertiary/aromatic N) is 2. The first-order chi connectivity index (χ1) is 10.8. The second-order valence-corrected chi connectivity index (χ2v) is 6.45. The molecule has 5 heteroatoms. The third-order valence-corrected chi connectivity index (χ3v) is 4.88. The summed E-state index contributed by atoms with van der Waals surface area (Å²) >= 11 is 1.62. The normalized spacial score (nSPS) is 18.2. The molecule has 1 amide bonds. The van der Waals surface area contributed by atoms with Crippen LogP contribution in [0.25, 0.3) is 0 Å². The van der Waals surface area contributed by atoms with Crippen LogP contribution >= 0.6 is 11.3 Å². The topological polar surface area (TPSA) is 42.4 Å². The summed E-state index contributed by atoms with van der Waals surface area (Å²) in [5.41, 5.74) is 1.05. The standard InChI is InChI=1S/C17H20N2O2S/c1-13-6-2-3-8-15(13)21-12-16(20)19-10-5-4-7-14(19)17-18-9-11-22-17/h2-3,6,8-9,11,14H,4-5,7,10,12H2,1H3. The molecule has 22 heavy (non-hydrogen) atoms. The summed E-state index contributed by atoms with van der Waals surface area (Å²) in [6, 6.07) is 7.89. The zero-order valence-corrected chi connectivity index (χ0v) is 13.5. The van der Waals surface area contributed by atoms with Crippen LogP contribution in [0.3, 0.4) is 0 Å². The van der Waals surface area contributed by atoms with Crippen LogP contribution in [0.4, 0.5) is 0 Å². The minimum absolute atomic E-state index is 0.0446. The van der Waals surface area contributed by atoms with Gasteiger partial charge in [0, 0.05) is 18.1 Å². The number of hydrogen-bond donors (Lipinski definition) is 0. The molecule has 1 aliphatic rings. The van der Waals surface area contributed by atoms with Crippen LogP contribution in [0.15, 0.2) is 35.8 Å². The van der Waals surface area contributed by atoms with E-state index in [4.69, 9.17) is 4.74 Å². The van der Waals surface area contributed by atoms with Crippen molar-refractivity contribution in [3.63, 3.8) is 0 Å². The van der Waals surface area contributed by atoms with Gasteiger partial charge >= 0.3 is 0 Å². The lowest BCUT2D eigenvalue weighted by Crippen LogP contribution is -2.41. The van der Waals surface area contributed by atoms with Crippen LogP contribution in [0, 0.1) is 6.92 Å². The molecule has 3 rings (SSSR count). The monoisotopic (exact) mass is 316 g/mol. The van der Waals surface area contributed by atoms with Crippen LogP contribution in [0.2, 0.25) is 0 Å². The van der Waals surface area contributed by atoms with Crippen molar-refractivity contribution in [3.8, 4) is 5.75 Å². The average Bonchev–Trinajstić information content (AvgIpc) is 3.08. The Balaban J connectivity index is 1.66. The van der Waals surface area contributed by atoms with Gasteiger partial charge in [0.25, 0.3) is 5.91 Å². The van der Waals surface area contributed by atoms with Gasteiger partial charge in [-0.05, 0) is 37.8 Å². The van der Waals surface area contributed by atoms with Gasteiger partial charge in [0.1, 0.15) is 10.8 Å². The van der Waals surface area contributed by atoms with Crippen molar-refractivity contribution in [1.29, 1.82) is 0 Å². The Morgan fingerprint density at radius 3 is 3.05 bits per heavy atom. The van der Waals surface area contributed by atoms with Gasteiger partial charge in [-0.15, -0.1) is 11.3 Å². The van der Waals surface area contributed by atoms with Gasteiger partial charge in [-0.25, -0.2) is 4.98 Å². The Hall–Kier alpha value is -1.88. The summed E-state index contributed by atoms with van der Waals surface area (Å²) < 4.78 is 5.71. The van der Waals surface area contributed by atoms with Gasteiger partial charge in [-0.1, -0.05) is 18.2 Å². The molecule has 1 fully saturated rings. The molecular weight excluding hydrogens is 296 g/mol. The van der Waals surface area contributed by atoms with E-state index < -0.39 is 0 Å². The van der Waals surface area contributed by atoms with Crippen molar-refractivity contribution in [1.82, 2.24) is 9.88 Å². The molecule has 1 atom stereocenters. The number of amides is 1. The number of aromatic nitrogens is 1. The number of benzene rings is 1. The first kappa shape index (κ1) is 15.0. The number of rotatable bonds is 4. The molecule has 0 spiro atoms. The predicted molar refractivity (Wildman–Crippen MR) is 87.1 cm³/mol. The minimum Gasteiger partial charge on any atom is -0.484 e. The highest BCUT2D eigenvalue weighted by Gasteiger charge is 2.29. The fourth-order valence-electron chi connectivity index (χ4n) is 2.83. The first-order valence-electron chi connectivity index (χ1n) is 7.63. The molecule has 0 aliphatic carbocycles. The maximum absolute atomic E-state index is 12.6. The Labute approximate surface area is 134 Å². The summed E-state index contributed by atoms with van der Waals surface area (Å²) in [5.74, 6) is 0.821. The largest absolute Gasteiger partial charge is 0.484 e. The third kappa shape index (κ3) is 3.30. The number of para-hydroxylation sites is 1. The quantitative estimate of drug-likeness (QED) is 0.866. The van der Waals surface area contributed by atoms with Crippen molar-refractivity contribution in [2.45, 2.75) is 32.2 Å². The minimum atomic E-state index is 0.0446. The molecule has 1 aromatic carbocycles. The van der Waals surface area contributed by atoms with E-state index in [-0.39, 0.29) is 18.6 Å². The Kier molecular flexibility index (Phi) is 4.73. The molecule has 1 unspecified atom stereocenters. The van der Waals surface area contributed by atoms with E-state index in [1.807, 2.05) is 41.5 Å². The predicted octanol–water partition coefficient (Wildman–Crippen LogP) is 3.58. The number of likely N-dealkylation sites (tertiary alicyclic amines) is 1. The number of piperidine rings is 1. The second kappa shape index (κ2) is 6.92. The molecular formula is C17H20N2O2S. The molecule has 2 heterocycles. The zero-order valence-electron chi connectivity index (χ0n) is 12.7. The molecule has 116 valence electrons. The zero-order chi connectivity index (χ0) is 15.4. The summed E-state index contributed by atoms with van der Waals surface area (Å²) in [4.78, 5) is 18.9. The lowest BCUT2D eigenvalue weighted by Gasteiger charge is -2.34. The van der Waals surface area contributed by atoms with E-state index in [1.54, 1.807) is 17.5 Å². The lowest BCUT2D eigenvalue weighted by molar-refractivity contribution is -0.137. The molecule has 2 aromatic rings.